The summed E-state index contributed by atoms with van der Waals surface area (Å²) in [7, 11) is 0. The number of ether oxygens (including phenoxy) is 2. The van der Waals surface area contributed by atoms with Crippen molar-refractivity contribution in [3.05, 3.63) is 216 Å². The highest BCUT2D eigenvalue weighted by molar-refractivity contribution is 8.00. The highest BCUT2D eigenvalue weighted by atomic mass is 32.2. The predicted octanol–water partition coefficient (Wildman–Crippen LogP) is 8.33. The molecule has 65 heavy (non-hydrogen) atoms. The largest absolute Gasteiger partial charge is 0.461 e. The Hall–Kier alpha value is -6.95. The van der Waals surface area contributed by atoms with Crippen LogP contribution in [0.3, 0.4) is 0 Å². The van der Waals surface area contributed by atoms with Gasteiger partial charge in [0, 0.05) is 11.7 Å². The molecule has 6 aromatic rings. The molecule has 6 aromatic carbocycles. The molecular weight excluding hydrogens is 835 g/mol. The van der Waals surface area contributed by atoms with E-state index in [9.17, 15) is 24.3 Å². The fraction of sp³-hybridized carbons (Fsp3) is 0.222. The topological polar surface area (TPSA) is 143 Å². The quantitative estimate of drug-likeness (QED) is 0.0341. The molecule has 0 aliphatic heterocycles. The second kappa shape index (κ2) is 22.1. The molecule has 0 saturated carbocycles. The lowest BCUT2D eigenvalue weighted by Gasteiger charge is -2.37. The highest BCUT2D eigenvalue weighted by Crippen LogP contribution is 2.49. The van der Waals surface area contributed by atoms with E-state index in [1.54, 1.807) is 0 Å². The lowest BCUT2D eigenvalue weighted by molar-refractivity contribution is -0.145. The number of aliphatic hydroxyl groups is 1. The van der Waals surface area contributed by atoms with Crippen LogP contribution >= 0.6 is 11.8 Å². The smallest absolute Gasteiger partial charge is 0.407 e. The molecule has 7 rings (SSSR count). The second-order valence-electron chi connectivity index (χ2n) is 15.9. The van der Waals surface area contributed by atoms with Crippen LogP contribution in [-0.4, -0.2) is 72.2 Å². The molecule has 0 saturated heterocycles. The number of carbonyl (C=O) groups excluding carboxylic acids is 4. The number of fused-ring (bicyclic) bond motifs is 3. The van der Waals surface area contributed by atoms with Crippen molar-refractivity contribution in [2.24, 2.45) is 0 Å². The molecule has 4 N–H and O–H groups in total. The van der Waals surface area contributed by atoms with Crippen LogP contribution in [0.2, 0.25) is 0 Å². The summed E-state index contributed by atoms with van der Waals surface area (Å²) in [5.74, 6) is -2.01. The molecule has 0 heterocycles. The Labute approximate surface area is 384 Å². The summed E-state index contributed by atoms with van der Waals surface area (Å²) < 4.78 is 10.1. The van der Waals surface area contributed by atoms with Gasteiger partial charge in [-0.3, -0.25) is 14.4 Å². The molecule has 3 amide bonds. The van der Waals surface area contributed by atoms with Gasteiger partial charge in [-0.05, 0) is 57.9 Å². The van der Waals surface area contributed by atoms with E-state index in [0.717, 1.165) is 44.5 Å². The molecule has 332 valence electrons. The molecule has 0 bridgehead atoms. The van der Waals surface area contributed by atoms with Gasteiger partial charge >= 0.3 is 12.1 Å². The number of hydrogen-bond donors (Lipinski definition) is 4. The van der Waals surface area contributed by atoms with Crippen molar-refractivity contribution >= 4 is 35.6 Å². The zero-order valence-corrected chi connectivity index (χ0v) is 37.0. The van der Waals surface area contributed by atoms with Crippen molar-refractivity contribution in [1.29, 1.82) is 0 Å². The predicted molar refractivity (Wildman–Crippen MR) is 255 cm³/mol. The average molecular weight is 888 g/mol. The van der Waals surface area contributed by atoms with Gasteiger partial charge in [-0.2, -0.15) is 0 Å². The monoisotopic (exact) mass is 887 g/mol. The molecule has 1 aliphatic carbocycles. The summed E-state index contributed by atoms with van der Waals surface area (Å²) in [4.78, 5) is 55.0. The third-order valence-corrected chi connectivity index (χ3v) is 13.2. The minimum Gasteiger partial charge on any atom is -0.461 e. The summed E-state index contributed by atoms with van der Waals surface area (Å²) in [6.07, 6.45) is -0.903. The van der Waals surface area contributed by atoms with Crippen molar-refractivity contribution in [2.45, 2.75) is 54.7 Å². The van der Waals surface area contributed by atoms with Gasteiger partial charge in [-0.1, -0.05) is 183 Å². The minimum absolute atomic E-state index is 0.0269. The standard InChI is InChI=1S/C54H53N3O7S/c1-3-32-63-50(59)34-49(58)47(33-38-20-8-4-9-21-38)56-52(61)48(36-65-54(39-22-10-5-11-23-39,40-24-12-6-13-25-40)41-26-14-7-15-27-41)57-51(60)37(2)55-53(62)64-35-46-44-30-18-16-28-42(44)43-29-17-19-31-45(43)46/h3-31,37,46-49,58H,1,32-36H2,2H3,(H,55,62)(H,56,61)(H,57,60)/t37?,47-,48-,49+/m1/s1. The Morgan fingerprint density at radius 2 is 1.15 bits per heavy atom. The summed E-state index contributed by atoms with van der Waals surface area (Å²) in [5.41, 5.74) is 7.96. The van der Waals surface area contributed by atoms with E-state index in [1.165, 1.54) is 24.8 Å². The lowest BCUT2D eigenvalue weighted by Crippen LogP contribution is -2.57. The van der Waals surface area contributed by atoms with Crippen molar-refractivity contribution in [2.75, 3.05) is 19.0 Å². The zero-order chi connectivity index (χ0) is 45.6. The third kappa shape index (κ3) is 11.2. The van der Waals surface area contributed by atoms with Crippen molar-refractivity contribution in [3.8, 4) is 11.1 Å². The van der Waals surface area contributed by atoms with E-state index >= 15 is 0 Å². The van der Waals surface area contributed by atoms with E-state index in [-0.39, 0.29) is 31.3 Å². The number of aliphatic hydroxyl groups excluding tert-OH is 1. The van der Waals surface area contributed by atoms with Crippen LogP contribution in [0.1, 0.15) is 52.6 Å². The second-order valence-corrected chi connectivity index (χ2v) is 17.1. The highest BCUT2D eigenvalue weighted by Gasteiger charge is 2.40. The lowest BCUT2D eigenvalue weighted by atomic mass is 9.84. The molecule has 1 unspecified atom stereocenters. The first-order valence-electron chi connectivity index (χ1n) is 21.7. The maximum absolute atomic E-state index is 14.8. The number of alkyl carbamates (subject to hydrolysis) is 1. The van der Waals surface area contributed by atoms with Crippen LogP contribution in [-0.2, 0) is 35.0 Å². The van der Waals surface area contributed by atoms with Gasteiger partial charge in [-0.25, -0.2) is 4.79 Å². The first kappa shape index (κ1) is 46.1. The normalized spacial score (nSPS) is 13.8. The maximum Gasteiger partial charge on any atom is 0.407 e. The molecule has 1 aliphatic rings. The summed E-state index contributed by atoms with van der Waals surface area (Å²) >= 11 is 1.47. The van der Waals surface area contributed by atoms with Crippen LogP contribution in [0, 0.1) is 0 Å². The summed E-state index contributed by atoms with van der Waals surface area (Å²) in [6.45, 7) is 5.14. The molecule has 0 radical (unpaired) electrons. The first-order chi connectivity index (χ1) is 31.7. The van der Waals surface area contributed by atoms with E-state index in [2.05, 4.69) is 34.7 Å². The Morgan fingerprint density at radius 3 is 1.68 bits per heavy atom. The van der Waals surface area contributed by atoms with Crippen LogP contribution < -0.4 is 16.0 Å². The van der Waals surface area contributed by atoms with Crippen molar-refractivity contribution in [1.82, 2.24) is 16.0 Å². The van der Waals surface area contributed by atoms with Gasteiger partial charge in [0.1, 0.15) is 25.3 Å². The summed E-state index contributed by atoms with van der Waals surface area (Å²) in [5, 5.41) is 20.1. The molecule has 0 fully saturated rings. The molecule has 11 heteroatoms. The summed E-state index contributed by atoms with van der Waals surface area (Å²) in [6, 6.07) is 51.9. The molecule has 0 spiro atoms. The fourth-order valence-corrected chi connectivity index (χ4v) is 9.86. The number of benzene rings is 6. The number of thioether (sulfide) groups is 1. The first-order valence-corrected chi connectivity index (χ1v) is 22.7. The Morgan fingerprint density at radius 1 is 0.662 bits per heavy atom. The van der Waals surface area contributed by atoms with Gasteiger partial charge in [0.2, 0.25) is 11.8 Å². The number of carbonyl (C=O) groups is 4. The zero-order valence-electron chi connectivity index (χ0n) is 36.2. The Kier molecular flexibility index (Phi) is 15.7. The van der Waals surface area contributed by atoms with Crippen LogP contribution in [0.25, 0.3) is 11.1 Å². The molecular formula is C54H53N3O7S. The van der Waals surface area contributed by atoms with E-state index < -0.39 is 59.3 Å². The van der Waals surface area contributed by atoms with Gasteiger partial charge in [-0.15, -0.1) is 11.8 Å². The Bertz CT molecular complexity index is 2400. The number of nitrogens with one attached hydrogen (secondary N) is 3. The van der Waals surface area contributed by atoms with Gasteiger partial charge in [0.05, 0.1) is 23.3 Å². The van der Waals surface area contributed by atoms with Gasteiger partial charge < -0.3 is 30.5 Å². The number of hydrogen-bond acceptors (Lipinski definition) is 8. The van der Waals surface area contributed by atoms with Crippen molar-refractivity contribution in [3.63, 3.8) is 0 Å². The average Bonchev–Trinajstić information content (AvgIpc) is 3.66. The van der Waals surface area contributed by atoms with Gasteiger partial charge in [0.25, 0.3) is 0 Å². The molecule has 10 nitrogen and oxygen atoms in total. The molecule has 0 aromatic heterocycles. The number of amides is 3. The minimum atomic E-state index is -1.34. The number of esters is 1. The third-order valence-electron chi connectivity index (χ3n) is 11.5. The number of rotatable bonds is 20. The van der Waals surface area contributed by atoms with E-state index in [1.807, 2.05) is 158 Å². The van der Waals surface area contributed by atoms with E-state index in [4.69, 9.17) is 9.47 Å². The van der Waals surface area contributed by atoms with Gasteiger partial charge in [0.15, 0.2) is 0 Å². The van der Waals surface area contributed by atoms with Crippen LogP contribution in [0.5, 0.6) is 0 Å². The molecule has 4 atom stereocenters. The SMILES string of the molecule is C=CCOC(=O)C[C@H](O)[C@@H](Cc1ccccc1)NC(=O)[C@@H](CSC(c1ccccc1)(c1ccccc1)c1ccccc1)NC(=O)C(C)NC(=O)OCC1c2ccccc2-c2ccccc21. The van der Waals surface area contributed by atoms with E-state index in [0.29, 0.717) is 0 Å². The Balaban J connectivity index is 1.15. The van der Waals surface area contributed by atoms with Crippen LogP contribution in [0.15, 0.2) is 183 Å². The maximum atomic E-state index is 14.8. The fourth-order valence-electron chi connectivity index (χ4n) is 8.30. The van der Waals surface area contributed by atoms with Crippen molar-refractivity contribution < 1.29 is 33.8 Å². The van der Waals surface area contributed by atoms with Crippen LogP contribution in [0.4, 0.5) is 4.79 Å².